The van der Waals surface area contributed by atoms with E-state index < -0.39 is 6.09 Å². The van der Waals surface area contributed by atoms with E-state index in [2.05, 4.69) is 45.5 Å². The average molecular weight is 346 g/mol. The number of nitrogens with one attached hydrogen (secondary N) is 1. The second-order valence-electron chi connectivity index (χ2n) is 5.09. The number of rotatable bonds is 3. The number of carbonyl (C=O) groups excluding carboxylic acids is 1. The summed E-state index contributed by atoms with van der Waals surface area (Å²) in [5, 5.41) is 2.67. The van der Waals surface area contributed by atoms with Crippen molar-refractivity contribution in [1.82, 2.24) is 5.32 Å². The van der Waals surface area contributed by atoms with E-state index in [4.69, 9.17) is 4.74 Å². The van der Waals surface area contributed by atoms with E-state index in [0.29, 0.717) is 6.61 Å². The molecule has 1 unspecified atom stereocenters. The van der Waals surface area contributed by atoms with E-state index in [-0.39, 0.29) is 10.9 Å². The van der Waals surface area contributed by atoms with Crippen molar-refractivity contribution in [3.8, 4) is 11.1 Å². The van der Waals surface area contributed by atoms with Crippen LogP contribution < -0.4 is 5.32 Å². The Morgan fingerprint density at radius 3 is 2.19 bits per heavy atom. The fourth-order valence-corrected chi connectivity index (χ4v) is 2.99. The SMILES string of the molecule is CC(Br)NC(=O)OCC1c2ccccc2-c2ccccc21. The zero-order valence-corrected chi connectivity index (χ0v) is 13.3. The molecule has 3 rings (SSSR count). The van der Waals surface area contributed by atoms with Gasteiger partial charge in [0.05, 0.1) is 4.95 Å². The number of alkyl halides is 1. The van der Waals surface area contributed by atoms with Gasteiger partial charge in [0.1, 0.15) is 6.61 Å². The lowest BCUT2D eigenvalue weighted by atomic mass is 9.98. The fourth-order valence-electron chi connectivity index (χ4n) is 2.80. The molecule has 1 N–H and O–H groups in total. The number of alkyl carbamates (subject to hydrolysis) is 1. The number of benzene rings is 2. The van der Waals surface area contributed by atoms with E-state index in [1.807, 2.05) is 31.2 Å². The van der Waals surface area contributed by atoms with Gasteiger partial charge in [-0.2, -0.15) is 0 Å². The molecular weight excluding hydrogens is 330 g/mol. The lowest BCUT2D eigenvalue weighted by molar-refractivity contribution is 0.143. The molecule has 0 saturated heterocycles. The maximum atomic E-state index is 11.7. The Morgan fingerprint density at radius 1 is 1.14 bits per heavy atom. The predicted molar refractivity (Wildman–Crippen MR) is 86.6 cm³/mol. The lowest BCUT2D eigenvalue weighted by Gasteiger charge is -2.15. The molecule has 1 aliphatic rings. The summed E-state index contributed by atoms with van der Waals surface area (Å²) in [6.07, 6.45) is -0.402. The maximum Gasteiger partial charge on any atom is 0.408 e. The van der Waals surface area contributed by atoms with Gasteiger partial charge in [0, 0.05) is 5.92 Å². The van der Waals surface area contributed by atoms with Gasteiger partial charge in [0.2, 0.25) is 0 Å². The van der Waals surface area contributed by atoms with Crippen molar-refractivity contribution in [2.45, 2.75) is 17.8 Å². The summed E-state index contributed by atoms with van der Waals surface area (Å²) in [6, 6.07) is 16.6. The summed E-state index contributed by atoms with van der Waals surface area (Å²) < 4.78 is 5.37. The monoisotopic (exact) mass is 345 g/mol. The van der Waals surface area contributed by atoms with Crippen LogP contribution in [0, 0.1) is 0 Å². The highest BCUT2D eigenvalue weighted by molar-refractivity contribution is 9.09. The van der Waals surface area contributed by atoms with E-state index >= 15 is 0 Å². The molecule has 0 aromatic heterocycles. The molecule has 1 atom stereocenters. The van der Waals surface area contributed by atoms with Gasteiger partial charge in [-0.3, -0.25) is 0 Å². The Kier molecular flexibility index (Phi) is 3.97. The molecule has 3 nitrogen and oxygen atoms in total. The van der Waals surface area contributed by atoms with Crippen LogP contribution in [-0.2, 0) is 4.74 Å². The quantitative estimate of drug-likeness (QED) is 0.666. The molecule has 1 aliphatic carbocycles. The highest BCUT2D eigenvalue weighted by atomic mass is 79.9. The van der Waals surface area contributed by atoms with Gasteiger partial charge in [-0.15, -0.1) is 0 Å². The summed E-state index contributed by atoms with van der Waals surface area (Å²) in [5.41, 5.74) is 4.91. The largest absolute Gasteiger partial charge is 0.449 e. The Hall–Kier alpha value is -1.81. The molecule has 2 aromatic rings. The number of fused-ring (bicyclic) bond motifs is 3. The molecule has 0 bridgehead atoms. The standard InChI is InChI=1S/C17H16BrNO2/c1-11(18)19-17(20)21-10-16-14-8-4-2-6-12(14)13-7-3-5-9-15(13)16/h2-9,11,16H,10H2,1H3,(H,19,20). The Labute approximate surface area is 132 Å². The van der Waals surface area contributed by atoms with E-state index in [1.54, 1.807) is 0 Å². The first-order valence-corrected chi connectivity index (χ1v) is 7.84. The molecule has 108 valence electrons. The van der Waals surface area contributed by atoms with Gasteiger partial charge in [0.15, 0.2) is 0 Å². The average Bonchev–Trinajstić information content (AvgIpc) is 2.79. The Balaban J connectivity index is 1.84. The van der Waals surface area contributed by atoms with Crippen LogP contribution in [0.25, 0.3) is 11.1 Å². The molecule has 2 aromatic carbocycles. The molecule has 0 heterocycles. The normalized spacial score (nSPS) is 14.2. The van der Waals surface area contributed by atoms with Gasteiger partial charge in [-0.25, -0.2) is 4.79 Å². The maximum absolute atomic E-state index is 11.7. The molecule has 0 fully saturated rings. The first-order valence-electron chi connectivity index (χ1n) is 6.92. The minimum atomic E-state index is -0.402. The molecule has 0 aliphatic heterocycles. The topological polar surface area (TPSA) is 38.3 Å². The van der Waals surface area contributed by atoms with E-state index in [0.717, 1.165) is 0 Å². The zero-order chi connectivity index (χ0) is 14.8. The lowest BCUT2D eigenvalue weighted by Crippen LogP contribution is -2.30. The third-order valence-electron chi connectivity index (χ3n) is 3.66. The number of halogens is 1. The van der Waals surface area contributed by atoms with Crippen molar-refractivity contribution in [2.24, 2.45) is 0 Å². The molecule has 21 heavy (non-hydrogen) atoms. The summed E-state index contributed by atoms with van der Waals surface area (Å²) in [7, 11) is 0. The van der Waals surface area contributed by atoms with Gasteiger partial charge >= 0.3 is 6.09 Å². The van der Waals surface area contributed by atoms with Crippen LogP contribution in [0.4, 0.5) is 4.79 Å². The van der Waals surface area contributed by atoms with Crippen LogP contribution in [0.5, 0.6) is 0 Å². The van der Waals surface area contributed by atoms with Gasteiger partial charge in [-0.1, -0.05) is 64.5 Å². The number of ether oxygens (including phenoxy) is 1. The molecule has 0 spiro atoms. The first-order chi connectivity index (χ1) is 10.2. The van der Waals surface area contributed by atoms with Crippen molar-refractivity contribution < 1.29 is 9.53 Å². The number of carbonyl (C=O) groups is 1. The summed E-state index contributed by atoms with van der Waals surface area (Å²) >= 11 is 3.27. The van der Waals surface area contributed by atoms with Crippen molar-refractivity contribution in [2.75, 3.05) is 6.61 Å². The van der Waals surface area contributed by atoms with Crippen molar-refractivity contribution >= 4 is 22.0 Å². The molecule has 0 saturated carbocycles. The van der Waals surface area contributed by atoms with E-state index in [1.165, 1.54) is 22.3 Å². The van der Waals surface area contributed by atoms with Gasteiger partial charge in [0.25, 0.3) is 0 Å². The molecule has 4 heteroatoms. The number of hydrogen-bond acceptors (Lipinski definition) is 2. The zero-order valence-electron chi connectivity index (χ0n) is 11.7. The van der Waals surface area contributed by atoms with Crippen LogP contribution in [0.2, 0.25) is 0 Å². The van der Waals surface area contributed by atoms with Crippen LogP contribution in [0.15, 0.2) is 48.5 Å². The smallest absolute Gasteiger partial charge is 0.408 e. The third kappa shape index (κ3) is 2.81. The summed E-state index contributed by atoms with van der Waals surface area (Å²) in [5.74, 6) is 0.105. The molecule has 0 radical (unpaired) electrons. The minimum Gasteiger partial charge on any atom is -0.449 e. The van der Waals surface area contributed by atoms with Crippen LogP contribution in [-0.4, -0.2) is 17.7 Å². The second kappa shape index (κ2) is 5.90. The minimum absolute atomic E-state index is 0.104. The van der Waals surface area contributed by atoms with Crippen molar-refractivity contribution in [1.29, 1.82) is 0 Å². The van der Waals surface area contributed by atoms with Crippen LogP contribution >= 0.6 is 15.9 Å². The highest BCUT2D eigenvalue weighted by Gasteiger charge is 2.28. The van der Waals surface area contributed by atoms with Gasteiger partial charge in [-0.05, 0) is 29.2 Å². The Bertz CT molecular complexity index is 624. The van der Waals surface area contributed by atoms with Crippen molar-refractivity contribution in [3.63, 3.8) is 0 Å². The number of hydrogen-bond donors (Lipinski definition) is 1. The van der Waals surface area contributed by atoms with Crippen LogP contribution in [0.3, 0.4) is 0 Å². The van der Waals surface area contributed by atoms with E-state index in [9.17, 15) is 4.79 Å². The molecule has 1 amide bonds. The number of amides is 1. The van der Waals surface area contributed by atoms with Gasteiger partial charge < -0.3 is 10.1 Å². The summed E-state index contributed by atoms with van der Waals surface area (Å²) in [6.45, 7) is 2.18. The predicted octanol–water partition coefficient (Wildman–Crippen LogP) is 4.27. The third-order valence-corrected chi connectivity index (χ3v) is 3.89. The first kappa shape index (κ1) is 14.1. The summed E-state index contributed by atoms with van der Waals surface area (Å²) in [4.78, 5) is 11.6. The second-order valence-corrected chi connectivity index (χ2v) is 6.46. The van der Waals surface area contributed by atoms with Crippen molar-refractivity contribution in [3.05, 3.63) is 59.7 Å². The Morgan fingerprint density at radius 2 is 1.67 bits per heavy atom. The van der Waals surface area contributed by atoms with Crippen LogP contribution in [0.1, 0.15) is 24.0 Å². The highest BCUT2D eigenvalue weighted by Crippen LogP contribution is 2.44. The molecular formula is C17H16BrNO2. The fraction of sp³-hybridized carbons (Fsp3) is 0.235.